The Hall–Kier alpha value is -1.52. The lowest BCUT2D eigenvalue weighted by atomic mass is 10.6. The van der Waals surface area contributed by atoms with Crippen molar-refractivity contribution in [2.45, 2.75) is 0 Å². The molecule has 0 saturated heterocycles. The van der Waals surface area contributed by atoms with E-state index in [1.807, 2.05) is 0 Å². The van der Waals surface area contributed by atoms with E-state index in [9.17, 15) is 0 Å². The van der Waals surface area contributed by atoms with Crippen LogP contribution in [0.15, 0.2) is 10.6 Å². The van der Waals surface area contributed by atoms with Crippen LogP contribution < -0.4 is 0 Å². The van der Waals surface area contributed by atoms with Crippen LogP contribution in [0.1, 0.15) is 0 Å². The zero-order chi connectivity index (χ0) is 6.10. The number of hydrogen-bond donors (Lipinski definition) is 0. The molecule has 0 aliphatic carbocycles. The van der Waals surface area contributed by atoms with Crippen molar-refractivity contribution in [3.8, 4) is 0 Å². The van der Waals surface area contributed by atoms with Crippen molar-refractivity contribution in [2.75, 3.05) is 0 Å². The molecule has 1 radical (unpaired) electrons. The molecule has 0 unspecified atom stereocenters. The molecule has 2 aromatic rings. The van der Waals surface area contributed by atoms with Crippen LogP contribution in [0.25, 0.3) is 11.2 Å². The van der Waals surface area contributed by atoms with E-state index in [-0.39, 0.29) is 0 Å². The second kappa shape index (κ2) is 1.48. The lowest BCUT2D eigenvalue weighted by Gasteiger charge is -1.76. The van der Waals surface area contributed by atoms with Crippen molar-refractivity contribution in [1.82, 2.24) is 20.4 Å². The van der Waals surface area contributed by atoms with Gasteiger partial charge in [0.1, 0.15) is 0 Å². The maximum atomic E-state index is 4.67. The summed E-state index contributed by atoms with van der Waals surface area (Å²) in [6, 6.07) is 0. The van der Waals surface area contributed by atoms with Crippen LogP contribution in [0.5, 0.6) is 0 Å². The first-order valence-electron chi connectivity index (χ1n) is 2.28. The van der Waals surface area contributed by atoms with E-state index in [0.717, 1.165) is 0 Å². The minimum absolute atomic E-state index is 0.366. The quantitative estimate of drug-likeness (QED) is 0.483. The number of rotatable bonds is 0. The molecule has 0 N–H and O–H groups in total. The fourth-order valence-corrected chi connectivity index (χ4v) is 0.518. The summed E-state index contributed by atoms with van der Waals surface area (Å²) in [6.45, 7) is 0. The van der Waals surface area contributed by atoms with Gasteiger partial charge in [0.15, 0.2) is 5.52 Å². The van der Waals surface area contributed by atoms with Gasteiger partial charge in [-0.25, -0.2) is 4.98 Å². The van der Waals surface area contributed by atoms with Crippen LogP contribution >= 0.6 is 0 Å². The predicted octanol–water partition coefficient (Wildman–Crippen LogP) is -0.187. The van der Waals surface area contributed by atoms with E-state index in [4.69, 9.17) is 0 Å². The molecule has 0 spiro atoms. The Morgan fingerprint density at radius 2 is 2.56 bits per heavy atom. The minimum atomic E-state index is 0.366. The van der Waals surface area contributed by atoms with E-state index in [1.54, 1.807) is 0 Å². The van der Waals surface area contributed by atoms with Crippen LogP contribution in [-0.4, -0.2) is 20.4 Å². The van der Waals surface area contributed by atoms with Gasteiger partial charge in [0.25, 0.3) is 12.1 Å². The largest absolute Gasteiger partial charge is 0.412 e. The smallest absolute Gasteiger partial charge is 0.286 e. The Bertz CT molecular complexity index is 287. The van der Waals surface area contributed by atoms with Gasteiger partial charge in [0.05, 0.1) is 6.20 Å². The highest BCUT2D eigenvalue weighted by Crippen LogP contribution is 2.01. The molecule has 0 atom stereocenters. The summed E-state index contributed by atoms with van der Waals surface area (Å²) in [7, 11) is 0. The van der Waals surface area contributed by atoms with Gasteiger partial charge < -0.3 is 4.42 Å². The summed E-state index contributed by atoms with van der Waals surface area (Å²) < 4.78 is 4.67. The Morgan fingerprint density at radius 3 is 3.44 bits per heavy atom. The third-order valence-corrected chi connectivity index (χ3v) is 0.895. The molecule has 0 fully saturated rings. The van der Waals surface area contributed by atoms with Crippen LogP contribution in [0, 0.1) is 6.39 Å². The molecule has 2 heterocycles. The third-order valence-electron chi connectivity index (χ3n) is 0.895. The molecule has 0 bridgehead atoms. The van der Waals surface area contributed by atoms with Crippen LogP contribution in [-0.2, 0) is 0 Å². The summed E-state index contributed by atoms with van der Waals surface area (Å²) in [4.78, 5) is 3.66. The Labute approximate surface area is 49.7 Å². The standard InChI is InChI=1S/C4HN4O/c1-3-4(7-8-6-1)9-2-5-3/h1H. The number of aromatic nitrogens is 4. The Kier molecular flexibility index (Phi) is 0.717. The maximum absolute atomic E-state index is 4.67. The van der Waals surface area contributed by atoms with E-state index < -0.39 is 0 Å². The van der Waals surface area contributed by atoms with Gasteiger partial charge in [0.2, 0.25) is 0 Å². The lowest BCUT2D eigenvalue weighted by molar-refractivity contribution is 0.571. The van der Waals surface area contributed by atoms with E-state index in [2.05, 4.69) is 31.2 Å². The van der Waals surface area contributed by atoms with Gasteiger partial charge in [-0.15, -0.1) is 5.10 Å². The molecule has 0 aliphatic heterocycles. The molecular weight excluding hydrogens is 120 g/mol. The Balaban J connectivity index is 2.95. The lowest BCUT2D eigenvalue weighted by Crippen LogP contribution is -1.83. The van der Waals surface area contributed by atoms with Crippen molar-refractivity contribution in [1.29, 1.82) is 0 Å². The highest BCUT2D eigenvalue weighted by Gasteiger charge is 1.96. The predicted molar refractivity (Wildman–Crippen MR) is 26.2 cm³/mol. The number of nitrogens with zero attached hydrogens (tertiary/aromatic N) is 4. The molecule has 9 heavy (non-hydrogen) atoms. The molecular formula is C4HN4O. The van der Waals surface area contributed by atoms with Gasteiger partial charge in [-0.1, -0.05) is 5.10 Å². The molecule has 2 rings (SSSR count). The van der Waals surface area contributed by atoms with Crippen molar-refractivity contribution >= 4 is 11.2 Å². The van der Waals surface area contributed by atoms with E-state index in [0.29, 0.717) is 11.2 Å². The third kappa shape index (κ3) is 0.543. The molecule has 0 aliphatic rings. The monoisotopic (exact) mass is 121 g/mol. The van der Waals surface area contributed by atoms with Crippen LogP contribution in [0.3, 0.4) is 0 Å². The van der Waals surface area contributed by atoms with E-state index >= 15 is 0 Å². The zero-order valence-electron chi connectivity index (χ0n) is 4.27. The average molecular weight is 121 g/mol. The van der Waals surface area contributed by atoms with Gasteiger partial charge >= 0.3 is 0 Å². The van der Waals surface area contributed by atoms with Gasteiger partial charge in [-0.3, -0.25) is 0 Å². The number of oxazole rings is 1. The normalized spacial score (nSPS) is 10.2. The van der Waals surface area contributed by atoms with Crippen molar-refractivity contribution < 1.29 is 4.42 Å². The van der Waals surface area contributed by atoms with Crippen molar-refractivity contribution in [2.24, 2.45) is 0 Å². The minimum Gasteiger partial charge on any atom is -0.412 e. The summed E-state index contributed by atoms with van der Waals surface area (Å²) in [5.41, 5.74) is 0.940. The first kappa shape index (κ1) is 4.37. The number of fused-ring (bicyclic) bond motifs is 1. The summed E-state index contributed by atoms with van der Waals surface area (Å²) in [5, 5.41) is 10.3. The van der Waals surface area contributed by atoms with Gasteiger partial charge in [0, 0.05) is 0 Å². The first-order chi connectivity index (χ1) is 4.47. The second-order valence-electron chi connectivity index (χ2n) is 1.43. The van der Waals surface area contributed by atoms with Gasteiger partial charge in [-0.2, -0.15) is 0 Å². The topological polar surface area (TPSA) is 64.7 Å². The number of hydrogen-bond acceptors (Lipinski definition) is 5. The summed E-state index contributed by atoms with van der Waals surface area (Å²) in [5.74, 6) is 0. The molecule has 0 saturated carbocycles. The molecule has 2 aromatic heterocycles. The molecule has 5 nitrogen and oxygen atoms in total. The van der Waals surface area contributed by atoms with Crippen molar-refractivity contribution in [3.05, 3.63) is 12.6 Å². The van der Waals surface area contributed by atoms with Crippen LogP contribution in [0.4, 0.5) is 0 Å². The van der Waals surface area contributed by atoms with E-state index in [1.165, 1.54) is 6.20 Å². The highest BCUT2D eigenvalue weighted by molar-refractivity contribution is 5.64. The molecule has 5 heteroatoms. The molecule has 43 valence electrons. The fraction of sp³-hybridized carbons (Fsp3) is 0. The van der Waals surface area contributed by atoms with Gasteiger partial charge in [-0.05, 0) is 5.21 Å². The SMILES string of the molecule is [c]1nc2cnnnc2o1. The fourth-order valence-electron chi connectivity index (χ4n) is 0.518. The first-order valence-corrected chi connectivity index (χ1v) is 2.28. The van der Waals surface area contributed by atoms with Crippen molar-refractivity contribution in [3.63, 3.8) is 0 Å². The van der Waals surface area contributed by atoms with Crippen LogP contribution in [0.2, 0.25) is 0 Å². The molecule has 0 aromatic carbocycles. The summed E-state index contributed by atoms with van der Waals surface area (Å²) >= 11 is 0. The average Bonchev–Trinajstić information content (AvgIpc) is 2.33. The second-order valence-corrected chi connectivity index (χ2v) is 1.43. The zero-order valence-corrected chi connectivity index (χ0v) is 4.27. The summed E-state index contributed by atoms with van der Waals surface area (Å²) in [6.07, 6.45) is 3.73. The Morgan fingerprint density at radius 1 is 1.56 bits per heavy atom. The molecule has 0 amide bonds. The highest BCUT2D eigenvalue weighted by atomic mass is 16.3. The maximum Gasteiger partial charge on any atom is 0.286 e.